The van der Waals surface area contributed by atoms with Gasteiger partial charge in [0.25, 0.3) is 0 Å². The Bertz CT molecular complexity index is 936. The number of rotatable bonds is 2. The van der Waals surface area contributed by atoms with Crippen molar-refractivity contribution in [3.05, 3.63) is 88.9 Å². The molecule has 0 spiro atoms. The van der Waals surface area contributed by atoms with Crippen molar-refractivity contribution in [3.8, 4) is 0 Å². The molecule has 0 N–H and O–H groups in total. The molecule has 2 aliphatic rings. The Morgan fingerprint density at radius 1 is 0.926 bits per heavy atom. The quantitative estimate of drug-likeness (QED) is 0.648. The third kappa shape index (κ3) is 3.39. The minimum absolute atomic E-state index is 0.319. The zero-order valence-corrected chi connectivity index (χ0v) is 14.3. The van der Waals surface area contributed by atoms with E-state index >= 15 is 0 Å². The van der Waals surface area contributed by atoms with Crippen LogP contribution in [0.25, 0.3) is 0 Å². The Kier molecular flexibility index (Phi) is 4.34. The van der Waals surface area contributed by atoms with Gasteiger partial charge in [0.2, 0.25) is 0 Å². The first-order valence-corrected chi connectivity index (χ1v) is 8.59. The smallest absolute Gasteiger partial charge is 0.336 e. The van der Waals surface area contributed by atoms with Crippen molar-refractivity contribution in [2.45, 2.75) is 12.6 Å². The van der Waals surface area contributed by atoms with Crippen molar-refractivity contribution in [2.75, 3.05) is 18.0 Å². The summed E-state index contributed by atoms with van der Waals surface area (Å²) in [6, 6.07) is 11.2. The Morgan fingerprint density at radius 2 is 1.63 bits per heavy atom. The van der Waals surface area contributed by atoms with Crippen molar-refractivity contribution < 1.29 is 17.6 Å². The molecule has 0 saturated heterocycles. The van der Waals surface area contributed by atoms with Gasteiger partial charge in [-0.2, -0.15) is 13.2 Å². The van der Waals surface area contributed by atoms with Gasteiger partial charge in [0, 0.05) is 24.3 Å². The van der Waals surface area contributed by atoms with Crippen LogP contribution in [0.3, 0.4) is 0 Å². The van der Waals surface area contributed by atoms with E-state index in [1.165, 1.54) is 24.3 Å². The molecule has 2 aromatic carbocycles. The van der Waals surface area contributed by atoms with Crippen molar-refractivity contribution in [2.24, 2.45) is 4.99 Å². The molecule has 0 unspecified atom stereocenters. The molecule has 2 nitrogen and oxygen atoms in total. The monoisotopic (exact) mass is 372 g/mol. The summed E-state index contributed by atoms with van der Waals surface area (Å²) < 4.78 is 51.9. The van der Waals surface area contributed by atoms with Gasteiger partial charge >= 0.3 is 6.18 Å². The van der Waals surface area contributed by atoms with E-state index in [4.69, 9.17) is 0 Å². The predicted molar refractivity (Wildman–Crippen MR) is 97.4 cm³/mol. The summed E-state index contributed by atoms with van der Waals surface area (Å²) in [6.07, 6.45) is 0.449. The van der Waals surface area contributed by atoms with Crippen LogP contribution < -0.4 is 4.90 Å². The lowest BCUT2D eigenvalue weighted by atomic mass is 9.94. The van der Waals surface area contributed by atoms with E-state index in [1.54, 1.807) is 12.1 Å². The summed E-state index contributed by atoms with van der Waals surface area (Å²) in [6.45, 7) is 1.17. The van der Waals surface area contributed by atoms with Crippen molar-refractivity contribution in [1.82, 2.24) is 0 Å². The molecular weight excluding hydrogens is 356 g/mol. The Hall–Kier alpha value is -2.89. The number of hydrogen-bond donors (Lipinski definition) is 0. The molecule has 0 atom stereocenters. The molecule has 4 rings (SSSR count). The lowest BCUT2D eigenvalue weighted by Crippen LogP contribution is -2.33. The lowest BCUT2D eigenvalue weighted by molar-refractivity contribution is -0.137. The largest absolute Gasteiger partial charge is 0.416 e. The summed E-state index contributed by atoms with van der Waals surface area (Å²) in [5.41, 5.74) is 3.38. The van der Waals surface area contributed by atoms with Crippen LogP contribution in [0.4, 0.5) is 23.2 Å². The highest BCUT2D eigenvalue weighted by Crippen LogP contribution is 2.33. The van der Waals surface area contributed by atoms with Gasteiger partial charge in [-0.05, 0) is 48.4 Å². The minimum Gasteiger partial charge on any atom is -0.336 e. The van der Waals surface area contributed by atoms with E-state index in [0.29, 0.717) is 24.4 Å². The highest BCUT2D eigenvalue weighted by atomic mass is 19.4. The normalized spacial score (nSPS) is 17.0. The molecule has 2 aliphatic heterocycles. The molecule has 138 valence electrons. The average Bonchev–Trinajstić information content (AvgIpc) is 2.67. The number of benzene rings is 2. The lowest BCUT2D eigenvalue weighted by Gasteiger charge is -2.34. The number of aliphatic imine (C=N–C) groups is 1. The maximum Gasteiger partial charge on any atom is 0.416 e. The van der Waals surface area contributed by atoms with Crippen LogP contribution in [-0.2, 0) is 6.18 Å². The fraction of sp³-hybridized carbons (Fsp3) is 0.190. The summed E-state index contributed by atoms with van der Waals surface area (Å²) in [4.78, 5) is 6.62. The summed E-state index contributed by atoms with van der Waals surface area (Å²) in [5, 5.41) is 0. The Morgan fingerprint density at radius 3 is 2.30 bits per heavy atom. The number of hydrogen-bond acceptors (Lipinski definition) is 2. The van der Waals surface area contributed by atoms with Crippen molar-refractivity contribution in [1.29, 1.82) is 0 Å². The van der Waals surface area contributed by atoms with E-state index in [2.05, 4.69) is 4.99 Å². The predicted octanol–water partition coefficient (Wildman–Crippen LogP) is 5.37. The second-order valence-electron chi connectivity index (χ2n) is 6.42. The van der Waals surface area contributed by atoms with Crippen LogP contribution in [0.15, 0.2) is 76.9 Å². The number of allylic oxidation sites excluding steroid dienone is 2. The number of nitrogens with zero attached hydrogens (tertiary/aromatic N) is 2. The highest BCUT2D eigenvalue weighted by Gasteiger charge is 2.31. The third-order valence-electron chi connectivity index (χ3n) is 4.68. The van der Waals surface area contributed by atoms with Crippen molar-refractivity contribution in [3.63, 3.8) is 0 Å². The molecular formula is C21H16F4N2. The molecule has 0 amide bonds. The summed E-state index contributed by atoms with van der Waals surface area (Å²) >= 11 is 0. The van der Waals surface area contributed by atoms with E-state index in [0.717, 1.165) is 35.5 Å². The Labute approximate surface area is 154 Å². The van der Waals surface area contributed by atoms with Crippen LogP contribution in [0.2, 0.25) is 0 Å². The van der Waals surface area contributed by atoms with E-state index < -0.39 is 11.7 Å². The van der Waals surface area contributed by atoms with E-state index in [9.17, 15) is 17.6 Å². The maximum atomic E-state index is 13.3. The van der Waals surface area contributed by atoms with Crippen LogP contribution in [0.1, 0.15) is 17.5 Å². The zero-order valence-electron chi connectivity index (χ0n) is 14.3. The van der Waals surface area contributed by atoms with E-state index in [1.807, 2.05) is 17.1 Å². The van der Waals surface area contributed by atoms with Crippen LogP contribution in [-0.4, -0.2) is 18.8 Å². The van der Waals surface area contributed by atoms with Gasteiger partial charge < -0.3 is 4.90 Å². The van der Waals surface area contributed by atoms with E-state index in [-0.39, 0.29) is 5.82 Å². The fourth-order valence-electron chi connectivity index (χ4n) is 3.39. The van der Waals surface area contributed by atoms with Gasteiger partial charge in [0.05, 0.1) is 17.0 Å². The molecule has 0 bridgehead atoms. The van der Waals surface area contributed by atoms with Crippen molar-refractivity contribution >= 4 is 11.4 Å². The first-order valence-electron chi connectivity index (χ1n) is 8.59. The molecule has 2 aromatic rings. The van der Waals surface area contributed by atoms with Gasteiger partial charge in [0.1, 0.15) is 5.82 Å². The first-order chi connectivity index (χ1) is 12.9. The van der Waals surface area contributed by atoms with Gasteiger partial charge in [-0.3, -0.25) is 4.99 Å². The second-order valence-corrected chi connectivity index (χ2v) is 6.42. The fourth-order valence-corrected chi connectivity index (χ4v) is 3.39. The molecule has 6 heteroatoms. The maximum absolute atomic E-state index is 13.3. The third-order valence-corrected chi connectivity index (χ3v) is 4.68. The number of halogens is 4. The molecule has 27 heavy (non-hydrogen) atoms. The molecule has 0 saturated carbocycles. The highest BCUT2D eigenvalue weighted by molar-refractivity contribution is 6.16. The van der Waals surface area contributed by atoms with Crippen LogP contribution in [0, 0.1) is 5.82 Å². The summed E-state index contributed by atoms with van der Waals surface area (Å²) in [7, 11) is 0. The van der Waals surface area contributed by atoms with Crippen LogP contribution in [0.5, 0.6) is 0 Å². The zero-order chi connectivity index (χ0) is 19.0. The summed E-state index contributed by atoms with van der Waals surface area (Å²) in [5.74, 6) is -0.319. The van der Waals surface area contributed by atoms with Gasteiger partial charge in [-0.1, -0.05) is 24.3 Å². The second kappa shape index (κ2) is 6.68. The number of dihydropyridines is 1. The molecule has 0 radical (unpaired) electrons. The molecule has 0 fully saturated rings. The topological polar surface area (TPSA) is 15.6 Å². The average molecular weight is 372 g/mol. The van der Waals surface area contributed by atoms with Gasteiger partial charge in [-0.25, -0.2) is 4.39 Å². The molecule has 2 heterocycles. The van der Waals surface area contributed by atoms with Crippen LogP contribution >= 0.6 is 0 Å². The molecule has 0 aliphatic carbocycles. The number of anilines is 1. The molecule has 0 aromatic heterocycles. The number of alkyl halides is 3. The standard InChI is InChI=1S/C21H16F4N2/c22-17-7-9-18(10-8-17)27-13-1-2-15-11-12-26-19(20(15)27)14-3-5-16(6-4-14)21(23,24)25/h1-10H,11-13H2. The van der Waals surface area contributed by atoms with Gasteiger partial charge in [0.15, 0.2) is 0 Å². The minimum atomic E-state index is -4.37. The SMILES string of the molecule is Fc1ccc(N2CC=CC3=C2C(c2ccc(C(F)(F)F)cc2)=NCC3)cc1. The Balaban J connectivity index is 1.74. The van der Waals surface area contributed by atoms with Gasteiger partial charge in [-0.15, -0.1) is 0 Å². The first kappa shape index (κ1) is 17.5.